The highest BCUT2D eigenvalue weighted by atomic mass is 14.5. The Balaban J connectivity index is 2.27. The second kappa shape index (κ2) is 15.8. The van der Waals surface area contributed by atoms with Crippen LogP contribution >= 0.6 is 0 Å². The van der Waals surface area contributed by atoms with Gasteiger partial charge in [-0.25, -0.2) is 0 Å². The van der Waals surface area contributed by atoms with E-state index in [0.717, 1.165) is 29.1 Å². The average Bonchev–Trinajstić information content (AvgIpc) is 3.47. The normalized spacial score (nSPS) is 19.7. The zero-order chi connectivity index (χ0) is 21.5. The van der Waals surface area contributed by atoms with Gasteiger partial charge < -0.3 is 0 Å². The summed E-state index contributed by atoms with van der Waals surface area (Å²) in [6.07, 6.45) is 26.4. The van der Waals surface area contributed by atoms with E-state index in [1.807, 2.05) is 0 Å². The van der Waals surface area contributed by atoms with Crippen molar-refractivity contribution in [1.29, 1.82) is 0 Å². The van der Waals surface area contributed by atoms with E-state index in [4.69, 9.17) is 0 Å². The number of unbranched alkanes of at least 4 members (excludes halogenated alkanes) is 5. The predicted octanol–water partition coefficient (Wildman–Crippen LogP) is 10.6. The van der Waals surface area contributed by atoms with Crippen LogP contribution in [0.1, 0.15) is 157 Å². The number of hydrogen-bond acceptors (Lipinski definition) is 0. The first-order valence-electron chi connectivity index (χ1n) is 14.0. The van der Waals surface area contributed by atoms with Crippen molar-refractivity contribution in [1.82, 2.24) is 0 Å². The zero-order valence-electron chi connectivity index (χ0n) is 21.5. The molecule has 0 radical (unpaired) electrons. The molecule has 1 aliphatic carbocycles. The monoisotopic (exact) mass is 406 g/mol. The standard InChI is InChI=1S/C29H58/c1-7-10-11-12-13-19-27(6)28(16-8-2)20-21-29(22-23-29)24-26(5)18-15-14-17-25(4)9-3/h25-28H,7-24H2,1-6H3. The minimum absolute atomic E-state index is 0.767. The molecule has 0 saturated heterocycles. The van der Waals surface area contributed by atoms with E-state index >= 15 is 0 Å². The van der Waals surface area contributed by atoms with Gasteiger partial charge in [0, 0.05) is 0 Å². The van der Waals surface area contributed by atoms with Gasteiger partial charge in [0.2, 0.25) is 0 Å². The van der Waals surface area contributed by atoms with E-state index in [-0.39, 0.29) is 0 Å². The van der Waals surface area contributed by atoms with Gasteiger partial charge in [-0.2, -0.15) is 0 Å². The van der Waals surface area contributed by atoms with Crippen LogP contribution in [0.25, 0.3) is 0 Å². The third-order valence-corrected chi connectivity index (χ3v) is 8.35. The third-order valence-electron chi connectivity index (χ3n) is 8.35. The molecule has 0 nitrogen and oxygen atoms in total. The van der Waals surface area contributed by atoms with Crippen molar-refractivity contribution in [2.75, 3.05) is 0 Å². The Morgan fingerprint density at radius 2 is 1.24 bits per heavy atom. The molecule has 0 N–H and O–H groups in total. The molecule has 1 aliphatic rings. The zero-order valence-corrected chi connectivity index (χ0v) is 21.5. The molecule has 0 heterocycles. The lowest BCUT2D eigenvalue weighted by Crippen LogP contribution is -2.15. The highest BCUT2D eigenvalue weighted by Crippen LogP contribution is 2.55. The molecule has 1 saturated carbocycles. The molecule has 1 rings (SSSR count). The van der Waals surface area contributed by atoms with Gasteiger partial charge in [0.15, 0.2) is 0 Å². The van der Waals surface area contributed by atoms with Crippen molar-refractivity contribution < 1.29 is 0 Å². The highest BCUT2D eigenvalue weighted by molar-refractivity contribution is 4.94. The van der Waals surface area contributed by atoms with E-state index in [9.17, 15) is 0 Å². The van der Waals surface area contributed by atoms with Crippen LogP contribution in [0.2, 0.25) is 0 Å². The largest absolute Gasteiger partial charge is 0.0654 e. The summed E-state index contributed by atoms with van der Waals surface area (Å²) in [6, 6.07) is 0. The molecule has 1 fully saturated rings. The minimum atomic E-state index is 0.767. The fourth-order valence-electron chi connectivity index (χ4n) is 5.65. The Hall–Kier alpha value is 0. The molecule has 0 bridgehead atoms. The topological polar surface area (TPSA) is 0 Å². The number of rotatable bonds is 20. The second-order valence-electron chi connectivity index (χ2n) is 11.4. The summed E-state index contributed by atoms with van der Waals surface area (Å²) in [5, 5.41) is 0. The molecule has 0 aliphatic heterocycles. The quantitative estimate of drug-likeness (QED) is 0.176. The maximum atomic E-state index is 2.57. The molecule has 4 unspecified atom stereocenters. The highest BCUT2D eigenvalue weighted by Gasteiger charge is 2.43. The van der Waals surface area contributed by atoms with E-state index in [1.54, 1.807) is 0 Å². The lowest BCUT2D eigenvalue weighted by atomic mass is 9.78. The van der Waals surface area contributed by atoms with E-state index < -0.39 is 0 Å². The van der Waals surface area contributed by atoms with Crippen LogP contribution in [0.4, 0.5) is 0 Å². The molecule has 0 heteroatoms. The van der Waals surface area contributed by atoms with Gasteiger partial charge in [0.25, 0.3) is 0 Å². The van der Waals surface area contributed by atoms with E-state index in [0.29, 0.717) is 0 Å². The summed E-state index contributed by atoms with van der Waals surface area (Å²) in [7, 11) is 0. The Labute approximate surface area is 186 Å². The van der Waals surface area contributed by atoms with E-state index in [2.05, 4.69) is 41.5 Å². The number of hydrogen-bond donors (Lipinski definition) is 0. The van der Waals surface area contributed by atoms with Crippen molar-refractivity contribution in [2.24, 2.45) is 29.1 Å². The van der Waals surface area contributed by atoms with E-state index in [1.165, 1.54) is 116 Å². The molecule has 4 atom stereocenters. The molecule has 0 amide bonds. The van der Waals surface area contributed by atoms with Crippen LogP contribution in [-0.2, 0) is 0 Å². The summed E-state index contributed by atoms with van der Waals surface area (Å²) in [4.78, 5) is 0. The summed E-state index contributed by atoms with van der Waals surface area (Å²) in [5.74, 6) is 3.83. The van der Waals surface area contributed by atoms with Crippen LogP contribution in [0.5, 0.6) is 0 Å². The van der Waals surface area contributed by atoms with Gasteiger partial charge in [0.05, 0.1) is 0 Å². The minimum Gasteiger partial charge on any atom is -0.0654 e. The Morgan fingerprint density at radius 3 is 1.83 bits per heavy atom. The van der Waals surface area contributed by atoms with Crippen molar-refractivity contribution in [3.05, 3.63) is 0 Å². The molecular weight excluding hydrogens is 348 g/mol. The first kappa shape index (κ1) is 27.0. The van der Waals surface area contributed by atoms with Gasteiger partial charge >= 0.3 is 0 Å². The summed E-state index contributed by atoms with van der Waals surface area (Å²) < 4.78 is 0. The van der Waals surface area contributed by atoms with Gasteiger partial charge in [-0.1, -0.05) is 125 Å². The Bertz CT molecular complexity index is 366. The van der Waals surface area contributed by atoms with Gasteiger partial charge in [-0.05, 0) is 61.2 Å². The fraction of sp³-hybridized carbons (Fsp3) is 1.00. The molecule has 174 valence electrons. The van der Waals surface area contributed by atoms with Crippen LogP contribution < -0.4 is 0 Å². The second-order valence-corrected chi connectivity index (χ2v) is 11.4. The van der Waals surface area contributed by atoms with Crippen molar-refractivity contribution in [3.63, 3.8) is 0 Å². The van der Waals surface area contributed by atoms with Crippen molar-refractivity contribution in [3.8, 4) is 0 Å². The SMILES string of the molecule is CCCCCCCC(C)C(CCC)CCC1(CC(C)CCCCC(C)CC)CC1. The van der Waals surface area contributed by atoms with Gasteiger partial charge in [0.1, 0.15) is 0 Å². The molecule has 0 aromatic heterocycles. The summed E-state index contributed by atoms with van der Waals surface area (Å²) in [6.45, 7) is 14.6. The molecular formula is C29H58. The smallest absolute Gasteiger partial charge is 0.0294 e. The van der Waals surface area contributed by atoms with Crippen LogP contribution in [0, 0.1) is 29.1 Å². The summed E-state index contributed by atoms with van der Waals surface area (Å²) >= 11 is 0. The maximum absolute atomic E-state index is 2.57. The lowest BCUT2D eigenvalue weighted by Gasteiger charge is -2.27. The maximum Gasteiger partial charge on any atom is -0.0294 e. The van der Waals surface area contributed by atoms with Crippen LogP contribution in [-0.4, -0.2) is 0 Å². The van der Waals surface area contributed by atoms with Crippen LogP contribution in [0.3, 0.4) is 0 Å². The third kappa shape index (κ3) is 12.4. The van der Waals surface area contributed by atoms with Crippen molar-refractivity contribution >= 4 is 0 Å². The Kier molecular flexibility index (Phi) is 14.7. The molecule has 0 spiro atoms. The predicted molar refractivity (Wildman–Crippen MR) is 134 cm³/mol. The van der Waals surface area contributed by atoms with Gasteiger partial charge in [-0.15, -0.1) is 0 Å². The first-order valence-corrected chi connectivity index (χ1v) is 14.0. The fourth-order valence-corrected chi connectivity index (χ4v) is 5.65. The van der Waals surface area contributed by atoms with Crippen LogP contribution in [0.15, 0.2) is 0 Å². The van der Waals surface area contributed by atoms with Gasteiger partial charge in [-0.3, -0.25) is 0 Å². The summed E-state index contributed by atoms with van der Waals surface area (Å²) in [5.41, 5.74) is 0.767. The lowest BCUT2D eigenvalue weighted by molar-refractivity contribution is 0.241. The van der Waals surface area contributed by atoms with Crippen molar-refractivity contribution in [2.45, 2.75) is 157 Å². The molecule has 29 heavy (non-hydrogen) atoms. The molecule has 0 aromatic carbocycles. The Morgan fingerprint density at radius 1 is 0.621 bits per heavy atom. The average molecular weight is 407 g/mol. The first-order chi connectivity index (χ1) is 14.0. The molecule has 0 aromatic rings.